The SMILES string of the molecule is CSc1ccc(S(=O)(=O)N(C)c2ccc(C(=O)NCCCN(C)C)cc2)cc1. The van der Waals surface area contributed by atoms with E-state index in [4.69, 9.17) is 0 Å². The third-order valence-corrected chi connectivity index (χ3v) is 6.82. The second-order valence-electron chi connectivity index (χ2n) is 6.61. The van der Waals surface area contributed by atoms with Gasteiger partial charge in [-0.2, -0.15) is 0 Å². The number of hydrogen-bond acceptors (Lipinski definition) is 5. The maximum Gasteiger partial charge on any atom is 0.264 e. The Morgan fingerprint density at radius 3 is 2.14 bits per heavy atom. The number of nitrogens with zero attached hydrogens (tertiary/aromatic N) is 2. The van der Waals surface area contributed by atoms with Crippen LogP contribution in [0.25, 0.3) is 0 Å². The normalized spacial score (nSPS) is 11.5. The standard InChI is InChI=1S/C20H27N3O3S2/c1-22(2)15-5-14-21-20(24)16-6-8-17(9-7-16)23(3)28(25,26)19-12-10-18(27-4)11-13-19/h6-13H,5,14-15H2,1-4H3,(H,21,24). The molecule has 1 amide bonds. The minimum absolute atomic E-state index is 0.163. The first-order chi connectivity index (χ1) is 13.3. The average Bonchev–Trinajstić information content (AvgIpc) is 2.70. The van der Waals surface area contributed by atoms with Crippen LogP contribution in [-0.4, -0.2) is 59.7 Å². The van der Waals surface area contributed by atoms with Gasteiger partial charge in [0.15, 0.2) is 0 Å². The maximum absolute atomic E-state index is 12.8. The monoisotopic (exact) mass is 421 g/mol. The number of amides is 1. The fourth-order valence-corrected chi connectivity index (χ4v) is 4.17. The molecular formula is C20H27N3O3S2. The zero-order valence-electron chi connectivity index (χ0n) is 16.7. The number of nitrogens with one attached hydrogen (secondary N) is 1. The maximum atomic E-state index is 12.8. The van der Waals surface area contributed by atoms with E-state index in [-0.39, 0.29) is 10.8 Å². The molecule has 0 aliphatic rings. The molecular weight excluding hydrogens is 394 g/mol. The summed E-state index contributed by atoms with van der Waals surface area (Å²) in [6.07, 6.45) is 2.81. The molecule has 152 valence electrons. The molecule has 8 heteroatoms. The van der Waals surface area contributed by atoms with Gasteiger partial charge >= 0.3 is 0 Å². The third kappa shape index (κ3) is 5.73. The molecule has 0 saturated carbocycles. The summed E-state index contributed by atoms with van der Waals surface area (Å²) < 4.78 is 26.9. The van der Waals surface area contributed by atoms with Gasteiger partial charge in [-0.05, 0) is 81.8 Å². The van der Waals surface area contributed by atoms with Gasteiger partial charge in [0.05, 0.1) is 10.6 Å². The number of carbonyl (C=O) groups excluding carboxylic acids is 1. The lowest BCUT2D eigenvalue weighted by atomic mass is 10.2. The summed E-state index contributed by atoms with van der Waals surface area (Å²) in [5.41, 5.74) is 1.00. The highest BCUT2D eigenvalue weighted by molar-refractivity contribution is 7.98. The van der Waals surface area contributed by atoms with Gasteiger partial charge in [-0.25, -0.2) is 8.42 Å². The number of rotatable bonds is 9. The van der Waals surface area contributed by atoms with Gasteiger partial charge in [-0.3, -0.25) is 9.10 Å². The second-order valence-corrected chi connectivity index (χ2v) is 9.46. The van der Waals surface area contributed by atoms with E-state index in [0.717, 1.165) is 17.9 Å². The van der Waals surface area contributed by atoms with E-state index in [1.807, 2.05) is 20.4 Å². The molecule has 0 fully saturated rings. The fraction of sp³-hybridized carbons (Fsp3) is 0.350. The van der Waals surface area contributed by atoms with Crippen LogP contribution in [-0.2, 0) is 10.0 Å². The lowest BCUT2D eigenvalue weighted by Gasteiger charge is -2.20. The average molecular weight is 422 g/mol. The summed E-state index contributed by atoms with van der Waals surface area (Å²) in [4.78, 5) is 15.5. The van der Waals surface area contributed by atoms with E-state index in [1.54, 1.807) is 60.3 Å². The molecule has 0 bridgehead atoms. The number of thioether (sulfide) groups is 1. The van der Waals surface area contributed by atoms with Crippen LogP contribution in [0.5, 0.6) is 0 Å². The Bertz CT molecular complexity index is 880. The summed E-state index contributed by atoms with van der Waals surface area (Å²) >= 11 is 1.56. The predicted octanol–water partition coefficient (Wildman–Crippen LogP) is 2.92. The van der Waals surface area contributed by atoms with Crippen LogP contribution in [0.3, 0.4) is 0 Å². The first-order valence-electron chi connectivity index (χ1n) is 8.91. The lowest BCUT2D eigenvalue weighted by Crippen LogP contribution is -2.28. The highest BCUT2D eigenvalue weighted by Gasteiger charge is 2.21. The first kappa shape index (κ1) is 22.3. The van der Waals surface area contributed by atoms with Crippen molar-refractivity contribution >= 4 is 33.4 Å². The molecule has 0 heterocycles. The molecule has 0 saturated heterocycles. The second kappa shape index (κ2) is 9.95. The number of carbonyl (C=O) groups is 1. The van der Waals surface area contributed by atoms with Crippen molar-refractivity contribution in [2.45, 2.75) is 16.2 Å². The van der Waals surface area contributed by atoms with Crippen molar-refractivity contribution in [1.82, 2.24) is 10.2 Å². The van der Waals surface area contributed by atoms with Crippen molar-refractivity contribution in [3.8, 4) is 0 Å². The van der Waals surface area contributed by atoms with Gasteiger partial charge in [0.25, 0.3) is 15.9 Å². The highest BCUT2D eigenvalue weighted by atomic mass is 32.2. The van der Waals surface area contributed by atoms with Gasteiger partial charge in [-0.1, -0.05) is 0 Å². The molecule has 2 aromatic carbocycles. The van der Waals surface area contributed by atoms with E-state index in [0.29, 0.717) is 17.8 Å². The van der Waals surface area contributed by atoms with Crippen molar-refractivity contribution in [2.24, 2.45) is 0 Å². The van der Waals surface area contributed by atoms with E-state index in [2.05, 4.69) is 10.2 Å². The molecule has 2 aromatic rings. The summed E-state index contributed by atoms with van der Waals surface area (Å²) in [6.45, 7) is 1.50. The van der Waals surface area contributed by atoms with Gasteiger partial charge < -0.3 is 10.2 Å². The van der Waals surface area contributed by atoms with Crippen LogP contribution in [0.4, 0.5) is 5.69 Å². The Morgan fingerprint density at radius 2 is 1.61 bits per heavy atom. The Hall–Kier alpha value is -2.03. The molecule has 2 rings (SSSR count). The number of anilines is 1. The van der Waals surface area contributed by atoms with Crippen LogP contribution in [0.1, 0.15) is 16.8 Å². The zero-order chi connectivity index (χ0) is 20.7. The Labute approximate surface area is 172 Å². The molecule has 0 aromatic heterocycles. The fourth-order valence-electron chi connectivity index (χ4n) is 2.57. The highest BCUT2D eigenvalue weighted by Crippen LogP contribution is 2.24. The van der Waals surface area contributed by atoms with Crippen molar-refractivity contribution in [2.75, 3.05) is 44.8 Å². The van der Waals surface area contributed by atoms with Crippen molar-refractivity contribution < 1.29 is 13.2 Å². The molecule has 0 radical (unpaired) electrons. The van der Waals surface area contributed by atoms with E-state index >= 15 is 0 Å². The zero-order valence-corrected chi connectivity index (χ0v) is 18.3. The van der Waals surface area contributed by atoms with Crippen LogP contribution in [0.2, 0.25) is 0 Å². The van der Waals surface area contributed by atoms with E-state index in [9.17, 15) is 13.2 Å². The summed E-state index contributed by atoms with van der Waals surface area (Å²) in [7, 11) is 1.83. The Balaban J connectivity index is 2.05. The smallest absolute Gasteiger partial charge is 0.264 e. The van der Waals surface area contributed by atoms with Crippen molar-refractivity contribution in [3.05, 3.63) is 54.1 Å². The number of sulfonamides is 1. The largest absolute Gasteiger partial charge is 0.352 e. The third-order valence-electron chi connectivity index (χ3n) is 4.28. The van der Waals surface area contributed by atoms with Crippen LogP contribution >= 0.6 is 11.8 Å². The molecule has 0 atom stereocenters. The number of benzene rings is 2. The van der Waals surface area contributed by atoms with Gasteiger partial charge in [0, 0.05) is 24.1 Å². The minimum Gasteiger partial charge on any atom is -0.352 e. The summed E-state index contributed by atoms with van der Waals surface area (Å²) in [6, 6.07) is 13.3. The van der Waals surface area contributed by atoms with Gasteiger partial charge in [0.1, 0.15) is 0 Å². The van der Waals surface area contributed by atoms with Crippen LogP contribution in [0, 0.1) is 0 Å². The van der Waals surface area contributed by atoms with Crippen LogP contribution in [0.15, 0.2) is 58.3 Å². The topological polar surface area (TPSA) is 69.7 Å². The van der Waals surface area contributed by atoms with Crippen molar-refractivity contribution in [3.63, 3.8) is 0 Å². The van der Waals surface area contributed by atoms with Gasteiger partial charge in [-0.15, -0.1) is 11.8 Å². The number of hydrogen-bond donors (Lipinski definition) is 1. The molecule has 0 aliphatic heterocycles. The molecule has 28 heavy (non-hydrogen) atoms. The van der Waals surface area contributed by atoms with Crippen molar-refractivity contribution in [1.29, 1.82) is 0 Å². The molecule has 6 nitrogen and oxygen atoms in total. The molecule has 0 aliphatic carbocycles. The summed E-state index contributed by atoms with van der Waals surface area (Å²) in [5.74, 6) is -0.163. The van der Waals surface area contributed by atoms with E-state index < -0.39 is 10.0 Å². The molecule has 0 unspecified atom stereocenters. The predicted molar refractivity (Wildman–Crippen MR) is 116 cm³/mol. The van der Waals surface area contributed by atoms with Crippen LogP contribution < -0.4 is 9.62 Å². The Kier molecular flexibility index (Phi) is 7.91. The quantitative estimate of drug-likeness (QED) is 0.498. The van der Waals surface area contributed by atoms with Gasteiger partial charge in [0.2, 0.25) is 0 Å². The lowest BCUT2D eigenvalue weighted by molar-refractivity contribution is 0.0952. The Morgan fingerprint density at radius 1 is 1.00 bits per heavy atom. The minimum atomic E-state index is -3.66. The first-order valence-corrected chi connectivity index (χ1v) is 11.6. The molecule has 0 spiro atoms. The molecule has 1 N–H and O–H groups in total. The van der Waals surface area contributed by atoms with E-state index in [1.165, 1.54) is 11.4 Å². The summed E-state index contributed by atoms with van der Waals surface area (Å²) in [5, 5.41) is 2.87.